The van der Waals surface area contributed by atoms with Crippen LogP contribution in [0.2, 0.25) is 0 Å². The molecule has 8 nitrogen and oxygen atoms in total. The number of amides is 2. The molecule has 0 atom stereocenters. The van der Waals surface area contributed by atoms with Crippen LogP contribution in [0.3, 0.4) is 0 Å². The van der Waals surface area contributed by atoms with Gasteiger partial charge in [-0.3, -0.25) is 10.1 Å². The predicted molar refractivity (Wildman–Crippen MR) is 163 cm³/mol. The molecule has 3 aromatic rings. The lowest BCUT2D eigenvalue weighted by molar-refractivity contribution is -0.125. The molecular weight excluding hydrogens is 547 g/mol. The highest BCUT2D eigenvalue weighted by atomic mass is 19.1. The fourth-order valence-corrected chi connectivity index (χ4v) is 5.48. The van der Waals surface area contributed by atoms with Crippen molar-refractivity contribution < 1.29 is 23.5 Å². The summed E-state index contributed by atoms with van der Waals surface area (Å²) in [4.78, 5) is 34.6. The van der Waals surface area contributed by atoms with Gasteiger partial charge in [0.1, 0.15) is 18.2 Å². The van der Waals surface area contributed by atoms with E-state index in [-0.39, 0.29) is 30.8 Å². The number of guanidine groups is 1. The molecule has 1 N–H and O–H groups in total. The zero-order valence-corrected chi connectivity index (χ0v) is 24.8. The van der Waals surface area contributed by atoms with Crippen molar-refractivity contribution in [1.82, 2.24) is 15.1 Å². The summed E-state index contributed by atoms with van der Waals surface area (Å²) >= 11 is 0. The van der Waals surface area contributed by atoms with Crippen LogP contribution >= 0.6 is 0 Å². The first-order valence-electron chi connectivity index (χ1n) is 14.8. The van der Waals surface area contributed by atoms with Crippen LogP contribution < -0.4 is 10.1 Å². The average molecular weight is 587 g/mol. The standard InChI is InChI=1S/C34H39FN4O4/c1-25(2)23-42-30-14-10-26(11-15-30)21-36-32-37-31(40)20-34(39(32)22-27-8-12-29(35)13-9-27)16-18-38(19-17-34)33(41)43-24-28-6-4-3-5-7-28/h3-15,25H,16-24H2,1-2H3,(H,36,37,40). The van der Waals surface area contributed by atoms with Crippen LogP contribution in [0.15, 0.2) is 83.9 Å². The van der Waals surface area contributed by atoms with Crippen LogP contribution in [-0.4, -0.2) is 53.0 Å². The van der Waals surface area contributed by atoms with Crippen molar-refractivity contribution in [2.45, 2.75) is 58.3 Å². The van der Waals surface area contributed by atoms with Crippen molar-refractivity contribution in [3.63, 3.8) is 0 Å². The first-order valence-corrected chi connectivity index (χ1v) is 14.8. The molecule has 3 aromatic carbocycles. The van der Waals surface area contributed by atoms with E-state index in [1.807, 2.05) is 54.6 Å². The highest BCUT2D eigenvalue weighted by Crippen LogP contribution is 2.36. The van der Waals surface area contributed by atoms with Crippen molar-refractivity contribution in [2.75, 3.05) is 19.7 Å². The molecule has 9 heteroatoms. The van der Waals surface area contributed by atoms with Gasteiger partial charge in [0.2, 0.25) is 11.9 Å². The number of hydrogen-bond acceptors (Lipinski definition) is 5. The monoisotopic (exact) mass is 586 g/mol. The number of ether oxygens (including phenoxy) is 2. The van der Waals surface area contributed by atoms with Gasteiger partial charge in [-0.15, -0.1) is 0 Å². The van der Waals surface area contributed by atoms with Crippen molar-refractivity contribution >= 4 is 18.0 Å². The van der Waals surface area contributed by atoms with E-state index in [1.54, 1.807) is 17.0 Å². The molecule has 2 fully saturated rings. The van der Waals surface area contributed by atoms with Crippen LogP contribution in [0.1, 0.15) is 49.8 Å². The summed E-state index contributed by atoms with van der Waals surface area (Å²) < 4.78 is 25.1. The number of carbonyl (C=O) groups excluding carboxylic acids is 2. The Bertz CT molecular complexity index is 1400. The van der Waals surface area contributed by atoms with Crippen LogP contribution in [-0.2, 0) is 29.2 Å². The Morgan fingerprint density at radius 1 is 0.953 bits per heavy atom. The van der Waals surface area contributed by atoms with Crippen LogP contribution in [0.4, 0.5) is 9.18 Å². The van der Waals surface area contributed by atoms with E-state index >= 15 is 0 Å². The summed E-state index contributed by atoms with van der Waals surface area (Å²) in [7, 11) is 0. The number of carbonyl (C=O) groups is 2. The first-order chi connectivity index (χ1) is 20.8. The number of aliphatic imine (C=N–C) groups is 1. The lowest BCUT2D eigenvalue weighted by Gasteiger charge is -2.52. The van der Waals surface area contributed by atoms with E-state index in [0.29, 0.717) is 57.5 Å². The third-order valence-corrected chi connectivity index (χ3v) is 7.90. The molecule has 2 amide bonds. The molecule has 0 radical (unpaired) electrons. The van der Waals surface area contributed by atoms with Gasteiger partial charge in [-0.2, -0.15) is 0 Å². The molecule has 2 saturated heterocycles. The Balaban J connectivity index is 1.31. The third kappa shape index (κ3) is 7.91. The molecule has 5 rings (SSSR count). The smallest absolute Gasteiger partial charge is 0.410 e. The minimum absolute atomic E-state index is 0.105. The zero-order valence-electron chi connectivity index (χ0n) is 24.8. The fourth-order valence-electron chi connectivity index (χ4n) is 5.48. The Morgan fingerprint density at radius 3 is 2.30 bits per heavy atom. The highest BCUT2D eigenvalue weighted by Gasteiger charge is 2.47. The predicted octanol–water partition coefficient (Wildman–Crippen LogP) is 5.91. The van der Waals surface area contributed by atoms with Gasteiger partial charge < -0.3 is 19.3 Å². The zero-order chi connectivity index (χ0) is 30.2. The number of piperidine rings is 1. The van der Waals surface area contributed by atoms with Gasteiger partial charge in [-0.1, -0.05) is 68.4 Å². The van der Waals surface area contributed by atoms with E-state index in [9.17, 15) is 14.0 Å². The molecule has 2 heterocycles. The van der Waals surface area contributed by atoms with Gasteiger partial charge in [0.05, 0.1) is 25.1 Å². The maximum atomic E-state index is 13.7. The summed E-state index contributed by atoms with van der Waals surface area (Å²) in [5.74, 6) is 1.32. The van der Waals surface area contributed by atoms with Crippen molar-refractivity contribution in [2.24, 2.45) is 10.9 Å². The maximum absolute atomic E-state index is 13.7. The van der Waals surface area contributed by atoms with Gasteiger partial charge in [0.15, 0.2) is 0 Å². The molecular formula is C34H39FN4O4. The molecule has 0 saturated carbocycles. The van der Waals surface area contributed by atoms with E-state index in [2.05, 4.69) is 24.1 Å². The topological polar surface area (TPSA) is 83.5 Å². The van der Waals surface area contributed by atoms with Crippen LogP contribution in [0.5, 0.6) is 5.75 Å². The number of nitrogens with zero attached hydrogens (tertiary/aromatic N) is 3. The molecule has 226 valence electrons. The number of nitrogens with one attached hydrogen (secondary N) is 1. The minimum Gasteiger partial charge on any atom is -0.493 e. The molecule has 0 aromatic heterocycles. The molecule has 0 bridgehead atoms. The van der Waals surface area contributed by atoms with Gasteiger partial charge in [0, 0.05) is 19.6 Å². The number of halogens is 1. The number of likely N-dealkylation sites (tertiary alicyclic amines) is 1. The van der Waals surface area contributed by atoms with Gasteiger partial charge in [-0.25, -0.2) is 14.2 Å². The molecule has 0 aliphatic carbocycles. The Morgan fingerprint density at radius 2 is 1.63 bits per heavy atom. The Kier molecular flexibility index (Phi) is 9.59. The summed E-state index contributed by atoms with van der Waals surface area (Å²) in [5, 5.41) is 2.99. The van der Waals surface area contributed by atoms with Crippen molar-refractivity contribution in [3.8, 4) is 5.75 Å². The molecule has 1 spiro atoms. The largest absolute Gasteiger partial charge is 0.493 e. The summed E-state index contributed by atoms with van der Waals surface area (Å²) in [6, 6.07) is 23.8. The quantitative estimate of drug-likeness (QED) is 0.337. The maximum Gasteiger partial charge on any atom is 0.410 e. The Hall–Kier alpha value is -4.40. The number of benzene rings is 3. The van der Waals surface area contributed by atoms with Crippen LogP contribution in [0, 0.1) is 11.7 Å². The van der Waals surface area contributed by atoms with Gasteiger partial charge in [0.25, 0.3) is 0 Å². The van der Waals surface area contributed by atoms with Gasteiger partial charge >= 0.3 is 6.09 Å². The van der Waals surface area contributed by atoms with E-state index in [1.165, 1.54) is 12.1 Å². The Labute approximate surface area is 252 Å². The molecule has 43 heavy (non-hydrogen) atoms. The number of rotatable bonds is 9. The molecule has 2 aliphatic heterocycles. The lowest BCUT2D eigenvalue weighted by atomic mass is 9.81. The second-order valence-corrected chi connectivity index (χ2v) is 11.7. The highest BCUT2D eigenvalue weighted by molar-refractivity contribution is 6.00. The third-order valence-electron chi connectivity index (χ3n) is 7.90. The normalized spacial score (nSPS) is 17.3. The van der Waals surface area contributed by atoms with E-state index in [4.69, 9.17) is 14.5 Å². The second kappa shape index (κ2) is 13.7. The van der Waals surface area contributed by atoms with Crippen molar-refractivity contribution in [1.29, 1.82) is 0 Å². The average Bonchev–Trinajstić information content (AvgIpc) is 3.01. The summed E-state index contributed by atoms with van der Waals surface area (Å²) in [6.07, 6.45) is 1.06. The summed E-state index contributed by atoms with van der Waals surface area (Å²) in [6.45, 7) is 6.79. The van der Waals surface area contributed by atoms with E-state index < -0.39 is 5.54 Å². The second-order valence-electron chi connectivity index (χ2n) is 11.7. The van der Waals surface area contributed by atoms with Crippen LogP contribution in [0.25, 0.3) is 0 Å². The summed E-state index contributed by atoms with van der Waals surface area (Å²) in [5.41, 5.74) is 2.27. The van der Waals surface area contributed by atoms with Gasteiger partial charge in [-0.05, 0) is 59.7 Å². The fraction of sp³-hybridized carbons (Fsp3) is 0.382. The molecule has 0 unspecified atom stereocenters. The minimum atomic E-state index is -0.541. The number of hydrogen-bond donors (Lipinski definition) is 1. The van der Waals surface area contributed by atoms with E-state index in [0.717, 1.165) is 22.4 Å². The SMILES string of the molecule is CC(C)COc1ccc(CN=C2NC(=O)CC3(CCN(C(=O)OCc4ccccc4)CC3)N2Cc2ccc(F)cc2)cc1. The first kappa shape index (κ1) is 30.1. The van der Waals surface area contributed by atoms with Crippen molar-refractivity contribution in [3.05, 3.63) is 101 Å². The lowest BCUT2D eigenvalue weighted by Crippen LogP contribution is -2.66. The molecule has 2 aliphatic rings.